The van der Waals surface area contributed by atoms with Crippen molar-refractivity contribution in [3.05, 3.63) is 34.1 Å². The first kappa shape index (κ1) is 14.1. The second kappa shape index (κ2) is 5.60. The van der Waals surface area contributed by atoms with E-state index in [2.05, 4.69) is 21.2 Å². The Kier molecular flexibility index (Phi) is 4.65. The van der Waals surface area contributed by atoms with Gasteiger partial charge < -0.3 is 10.1 Å². The molecule has 0 fully saturated rings. The Morgan fingerprint density at radius 2 is 2.18 bits per heavy atom. The number of nitrogens with one attached hydrogen (secondary N) is 1. The lowest BCUT2D eigenvalue weighted by Gasteiger charge is -2.25. The highest BCUT2D eigenvalue weighted by atomic mass is 79.9. The van der Waals surface area contributed by atoms with Crippen LogP contribution in [0.4, 0.5) is 4.39 Å². The number of ether oxygens (including phenoxy) is 1. The molecule has 0 aromatic heterocycles. The summed E-state index contributed by atoms with van der Waals surface area (Å²) in [5, 5.41) is 2.78. The molecule has 0 heterocycles. The van der Waals surface area contributed by atoms with Gasteiger partial charge in [-0.15, -0.1) is 0 Å². The van der Waals surface area contributed by atoms with Gasteiger partial charge in [-0.2, -0.15) is 0 Å². The summed E-state index contributed by atoms with van der Waals surface area (Å²) in [5.74, 6) is -0.791. The molecule has 0 spiro atoms. The summed E-state index contributed by atoms with van der Waals surface area (Å²) >= 11 is 3.06. The fourth-order valence-corrected chi connectivity index (χ4v) is 1.90. The largest absolute Gasteiger partial charge is 0.382 e. The molecule has 5 heteroatoms. The van der Waals surface area contributed by atoms with Gasteiger partial charge in [0.05, 0.1) is 22.2 Å². The zero-order valence-electron chi connectivity index (χ0n) is 10.0. The molecule has 1 aromatic rings. The lowest BCUT2D eigenvalue weighted by atomic mass is 10.1. The molecule has 0 atom stereocenters. The van der Waals surface area contributed by atoms with E-state index < -0.39 is 11.4 Å². The topological polar surface area (TPSA) is 38.3 Å². The monoisotopic (exact) mass is 303 g/mol. The van der Waals surface area contributed by atoms with Gasteiger partial charge in [0.15, 0.2) is 0 Å². The quantitative estimate of drug-likeness (QED) is 0.929. The van der Waals surface area contributed by atoms with Gasteiger partial charge in [-0.05, 0) is 41.9 Å². The molecule has 0 radical (unpaired) electrons. The fraction of sp³-hybridized carbons (Fsp3) is 0.417. The minimum atomic E-state index is -0.502. The van der Waals surface area contributed by atoms with Gasteiger partial charge in [-0.3, -0.25) is 4.79 Å². The number of hydrogen-bond donors (Lipinski definition) is 1. The molecule has 0 saturated carbocycles. The molecular formula is C12H15BrFNO2. The van der Waals surface area contributed by atoms with Gasteiger partial charge in [0.2, 0.25) is 0 Å². The minimum Gasteiger partial charge on any atom is -0.382 e. The van der Waals surface area contributed by atoms with Crippen molar-refractivity contribution in [2.75, 3.05) is 13.7 Å². The lowest BCUT2D eigenvalue weighted by molar-refractivity contribution is 0.0818. The summed E-state index contributed by atoms with van der Waals surface area (Å²) in [7, 11) is 1.56. The molecular weight excluding hydrogens is 289 g/mol. The van der Waals surface area contributed by atoms with Gasteiger partial charge >= 0.3 is 0 Å². The van der Waals surface area contributed by atoms with Gasteiger partial charge in [-0.1, -0.05) is 6.07 Å². The van der Waals surface area contributed by atoms with Crippen LogP contribution in [0.2, 0.25) is 0 Å². The number of methoxy groups -OCH3 is 1. The summed E-state index contributed by atoms with van der Waals surface area (Å²) in [6, 6.07) is 4.35. The molecule has 0 aliphatic carbocycles. The Balaban J connectivity index is 2.87. The van der Waals surface area contributed by atoms with E-state index in [9.17, 15) is 9.18 Å². The average Bonchev–Trinajstić information content (AvgIpc) is 2.21. The Morgan fingerprint density at radius 1 is 1.53 bits per heavy atom. The van der Waals surface area contributed by atoms with Crippen molar-refractivity contribution in [2.45, 2.75) is 19.4 Å². The number of hydrogen-bond acceptors (Lipinski definition) is 2. The minimum absolute atomic E-state index is 0.172. The fourth-order valence-electron chi connectivity index (χ4n) is 1.45. The molecule has 0 saturated heterocycles. The van der Waals surface area contributed by atoms with E-state index in [4.69, 9.17) is 4.74 Å². The standard InChI is InChI=1S/C12H15BrFNO2/c1-12(2,7-17-3)15-11(16)8-5-4-6-9(14)10(8)13/h4-6H,7H2,1-3H3,(H,15,16). The first-order valence-electron chi connectivity index (χ1n) is 5.13. The summed E-state index contributed by atoms with van der Waals surface area (Å²) in [6.45, 7) is 4.05. The van der Waals surface area contributed by atoms with Crippen LogP contribution in [0.15, 0.2) is 22.7 Å². The third-order valence-corrected chi connectivity index (χ3v) is 2.96. The third-order valence-electron chi connectivity index (χ3n) is 2.15. The lowest BCUT2D eigenvalue weighted by Crippen LogP contribution is -2.46. The maximum absolute atomic E-state index is 13.3. The number of benzene rings is 1. The van der Waals surface area contributed by atoms with Crippen LogP contribution < -0.4 is 5.32 Å². The molecule has 1 rings (SSSR count). The van der Waals surface area contributed by atoms with Crippen molar-refractivity contribution >= 4 is 21.8 Å². The van der Waals surface area contributed by atoms with Gasteiger partial charge in [0, 0.05) is 7.11 Å². The predicted molar refractivity (Wildman–Crippen MR) is 67.5 cm³/mol. The Bertz CT molecular complexity index is 421. The normalized spacial score (nSPS) is 11.4. The summed E-state index contributed by atoms with van der Waals surface area (Å²) in [6.07, 6.45) is 0. The van der Waals surface area contributed by atoms with Crippen molar-refractivity contribution < 1.29 is 13.9 Å². The molecule has 1 aromatic carbocycles. The molecule has 0 bridgehead atoms. The van der Waals surface area contributed by atoms with E-state index >= 15 is 0 Å². The Labute approximate surface area is 108 Å². The zero-order valence-corrected chi connectivity index (χ0v) is 11.6. The van der Waals surface area contributed by atoms with Crippen LogP contribution in [-0.4, -0.2) is 25.2 Å². The number of amides is 1. The average molecular weight is 304 g/mol. The highest BCUT2D eigenvalue weighted by Gasteiger charge is 2.22. The van der Waals surface area contributed by atoms with Crippen LogP contribution in [0.3, 0.4) is 0 Å². The molecule has 0 unspecified atom stereocenters. The van der Waals surface area contributed by atoms with E-state index in [1.165, 1.54) is 12.1 Å². The number of halogens is 2. The first-order valence-corrected chi connectivity index (χ1v) is 5.92. The summed E-state index contributed by atoms with van der Waals surface area (Å²) in [4.78, 5) is 11.9. The van der Waals surface area contributed by atoms with Crippen molar-refractivity contribution in [2.24, 2.45) is 0 Å². The molecule has 0 aliphatic rings. The predicted octanol–water partition coefficient (Wildman–Crippen LogP) is 2.74. The van der Waals surface area contributed by atoms with E-state index in [1.54, 1.807) is 13.2 Å². The molecule has 94 valence electrons. The molecule has 0 aliphatic heterocycles. The highest BCUT2D eigenvalue weighted by molar-refractivity contribution is 9.10. The van der Waals surface area contributed by atoms with Crippen LogP contribution in [0.1, 0.15) is 24.2 Å². The second-order valence-corrected chi connectivity index (χ2v) is 5.17. The maximum Gasteiger partial charge on any atom is 0.253 e. The number of carbonyl (C=O) groups is 1. The first-order chi connectivity index (χ1) is 7.87. The Hall–Kier alpha value is -0.940. The van der Waals surface area contributed by atoms with E-state index in [-0.39, 0.29) is 15.9 Å². The molecule has 3 nitrogen and oxygen atoms in total. The van der Waals surface area contributed by atoms with Crippen LogP contribution >= 0.6 is 15.9 Å². The van der Waals surface area contributed by atoms with E-state index in [1.807, 2.05) is 13.8 Å². The van der Waals surface area contributed by atoms with Crippen LogP contribution in [0.5, 0.6) is 0 Å². The van der Waals surface area contributed by atoms with Crippen molar-refractivity contribution in [3.63, 3.8) is 0 Å². The van der Waals surface area contributed by atoms with Crippen molar-refractivity contribution in [3.8, 4) is 0 Å². The third kappa shape index (κ3) is 3.78. The van der Waals surface area contributed by atoms with E-state index in [0.29, 0.717) is 6.61 Å². The molecule has 1 amide bonds. The summed E-state index contributed by atoms with van der Waals surface area (Å²) < 4.78 is 18.4. The van der Waals surface area contributed by atoms with Gasteiger partial charge in [0.1, 0.15) is 5.82 Å². The van der Waals surface area contributed by atoms with Crippen molar-refractivity contribution in [1.29, 1.82) is 0 Å². The Morgan fingerprint density at radius 3 is 2.76 bits per heavy atom. The zero-order chi connectivity index (χ0) is 13.1. The van der Waals surface area contributed by atoms with Crippen LogP contribution in [0.25, 0.3) is 0 Å². The number of rotatable bonds is 4. The maximum atomic E-state index is 13.3. The second-order valence-electron chi connectivity index (χ2n) is 4.37. The summed E-state index contributed by atoms with van der Waals surface area (Å²) in [5.41, 5.74) is -0.230. The highest BCUT2D eigenvalue weighted by Crippen LogP contribution is 2.20. The SMILES string of the molecule is COCC(C)(C)NC(=O)c1cccc(F)c1Br. The molecule has 17 heavy (non-hydrogen) atoms. The van der Waals surface area contributed by atoms with Gasteiger partial charge in [0.25, 0.3) is 5.91 Å². The molecule has 1 N–H and O–H groups in total. The number of carbonyl (C=O) groups excluding carboxylic acids is 1. The van der Waals surface area contributed by atoms with Crippen LogP contribution in [-0.2, 0) is 4.74 Å². The van der Waals surface area contributed by atoms with E-state index in [0.717, 1.165) is 0 Å². The van der Waals surface area contributed by atoms with Crippen molar-refractivity contribution in [1.82, 2.24) is 5.32 Å². The van der Waals surface area contributed by atoms with Crippen LogP contribution in [0, 0.1) is 5.82 Å². The van der Waals surface area contributed by atoms with Gasteiger partial charge in [-0.25, -0.2) is 4.39 Å². The smallest absolute Gasteiger partial charge is 0.253 e.